The summed E-state index contributed by atoms with van der Waals surface area (Å²) in [6.07, 6.45) is 38.0. The molecule has 0 saturated carbocycles. The molecule has 1 amide bonds. The van der Waals surface area contributed by atoms with Crippen molar-refractivity contribution in [3.8, 4) is 0 Å². The van der Waals surface area contributed by atoms with Gasteiger partial charge in [-0.05, 0) is 64.2 Å². The highest BCUT2D eigenvalue weighted by molar-refractivity contribution is 5.76. The van der Waals surface area contributed by atoms with Gasteiger partial charge < -0.3 is 20.6 Å². The lowest BCUT2D eigenvalue weighted by Crippen LogP contribution is -2.45. The minimum absolute atomic E-state index is 0.00593. The first-order valence-electron chi connectivity index (χ1n) is 16.9. The van der Waals surface area contributed by atoms with E-state index < -0.39 is 18.2 Å². The maximum absolute atomic E-state index is 12.3. The minimum atomic E-state index is -0.953. The van der Waals surface area contributed by atoms with Gasteiger partial charge in [0.05, 0.1) is 31.3 Å². The fourth-order valence-corrected chi connectivity index (χ4v) is 4.68. The van der Waals surface area contributed by atoms with Crippen molar-refractivity contribution in [3.63, 3.8) is 0 Å². The molecule has 3 atom stereocenters. The van der Waals surface area contributed by atoms with Crippen molar-refractivity contribution < 1.29 is 20.1 Å². The van der Waals surface area contributed by atoms with Gasteiger partial charge in [0.15, 0.2) is 0 Å². The first-order chi connectivity index (χ1) is 20.0. The van der Waals surface area contributed by atoms with Crippen LogP contribution in [0, 0.1) is 0 Å². The Hall–Kier alpha value is -1.69. The second-order valence-electron chi connectivity index (χ2n) is 11.4. The molecule has 4 N–H and O–H groups in total. The van der Waals surface area contributed by atoms with E-state index in [1.165, 1.54) is 70.6 Å². The fraction of sp³-hybridized carbons (Fsp3) is 0.750. The maximum Gasteiger partial charge on any atom is 0.222 e. The van der Waals surface area contributed by atoms with Crippen LogP contribution >= 0.6 is 0 Å². The standard InChI is InChI=1S/C36H65NO4/c1-3-5-7-9-11-13-15-16-17-18-20-21-23-25-27-29-33(39)31-36(41)37-34(32-38)35(40)30-28-26-24-22-19-14-12-10-8-6-4-2/h11,13,16-17,19,22,28,30,33-35,38-40H,3-10,12,14-15,18,20-21,23-27,29,31-32H2,1-2H3,(H,37,41)/b13-11-,17-16-,22-19+,30-28+. The van der Waals surface area contributed by atoms with Crippen molar-refractivity contribution in [3.05, 3.63) is 48.6 Å². The number of carbonyl (C=O) groups excluding carboxylic acids is 1. The predicted molar refractivity (Wildman–Crippen MR) is 176 cm³/mol. The number of amides is 1. The van der Waals surface area contributed by atoms with Crippen LogP contribution < -0.4 is 5.32 Å². The molecule has 0 heterocycles. The number of hydrogen-bond donors (Lipinski definition) is 4. The second kappa shape index (κ2) is 31.3. The lowest BCUT2D eigenvalue weighted by Gasteiger charge is -2.20. The van der Waals surface area contributed by atoms with E-state index in [0.29, 0.717) is 6.42 Å². The summed E-state index contributed by atoms with van der Waals surface area (Å²) in [7, 11) is 0. The number of allylic oxidation sites excluding steroid dienone is 7. The zero-order chi connectivity index (χ0) is 30.2. The molecular formula is C36H65NO4. The Bertz CT molecular complexity index is 685. The van der Waals surface area contributed by atoms with E-state index in [-0.39, 0.29) is 18.9 Å². The second-order valence-corrected chi connectivity index (χ2v) is 11.4. The number of hydrogen-bond acceptors (Lipinski definition) is 4. The molecule has 0 saturated heterocycles. The van der Waals surface area contributed by atoms with Crippen molar-refractivity contribution in [2.24, 2.45) is 0 Å². The number of nitrogens with one attached hydrogen (secondary N) is 1. The monoisotopic (exact) mass is 575 g/mol. The zero-order valence-electron chi connectivity index (χ0n) is 26.7. The summed E-state index contributed by atoms with van der Waals surface area (Å²) < 4.78 is 0. The van der Waals surface area contributed by atoms with Crippen LogP contribution in [-0.4, -0.2) is 46.1 Å². The fourth-order valence-electron chi connectivity index (χ4n) is 4.68. The van der Waals surface area contributed by atoms with Gasteiger partial charge in [0.25, 0.3) is 0 Å². The van der Waals surface area contributed by atoms with Crippen LogP contribution in [0.25, 0.3) is 0 Å². The predicted octanol–water partition coefficient (Wildman–Crippen LogP) is 8.64. The Kier molecular flexibility index (Phi) is 30.0. The molecule has 5 heteroatoms. The average molecular weight is 576 g/mol. The van der Waals surface area contributed by atoms with Gasteiger partial charge in [-0.15, -0.1) is 0 Å². The molecular weight excluding hydrogens is 510 g/mol. The molecule has 0 aromatic rings. The number of rotatable bonds is 29. The molecule has 0 radical (unpaired) electrons. The van der Waals surface area contributed by atoms with Gasteiger partial charge in [0.1, 0.15) is 0 Å². The molecule has 0 rings (SSSR count). The topological polar surface area (TPSA) is 89.8 Å². The quantitative estimate of drug-likeness (QED) is 0.0531. The van der Waals surface area contributed by atoms with Crippen LogP contribution in [0.1, 0.15) is 149 Å². The van der Waals surface area contributed by atoms with Crippen molar-refractivity contribution in [2.75, 3.05) is 6.61 Å². The van der Waals surface area contributed by atoms with Crippen LogP contribution in [-0.2, 0) is 4.79 Å². The normalized spacial score (nSPS) is 14.6. The average Bonchev–Trinajstić information content (AvgIpc) is 2.96. The van der Waals surface area contributed by atoms with Crippen molar-refractivity contribution in [1.29, 1.82) is 0 Å². The lowest BCUT2D eigenvalue weighted by molar-refractivity contribution is -0.124. The summed E-state index contributed by atoms with van der Waals surface area (Å²) in [5, 5.41) is 32.9. The van der Waals surface area contributed by atoms with Crippen molar-refractivity contribution in [1.82, 2.24) is 5.32 Å². The van der Waals surface area contributed by atoms with Crippen LogP contribution in [0.2, 0.25) is 0 Å². The SMILES string of the molecule is CCCCC/C=C\C/C=C\CCCCCCCC(O)CC(=O)NC(CO)C(O)/C=C/CC/C=C/CCCCCCC. The Morgan fingerprint density at radius 3 is 1.76 bits per heavy atom. The summed E-state index contributed by atoms with van der Waals surface area (Å²) in [6, 6.07) is -0.763. The molecule has 5 nitrogen and oxygen atoms in total. The molecule has 0 aliphatic heterocycles. The summed E-state index contributed by atoms with van der Waals surface area (Å²) in [5.41, 5.74) is 0. The Balaban J connectivity index is 3.85. The highest BCUT2D eigenvalue weighted by atomic mass is 16.3. The molecule has 238 valence electrons. The van der Waals surface area contributed by atoms with Gasteiger partial charge in [-0.3, -0.25) is 4.79 Å². The number of unbranched alkanes of at least 4 members (excludes halogenated alkanes) is 14. The number of aliphatic hydroxyl groups is 3. The van der Waals surface area contributed by atoms with Crippen molar-refractivity contribution in [2.45, 2.75) is 167 Å². The van der Waals surface area contributed by atoms with Crippen LogP contribution in [0.3, 0.4) is 0 Å². The summed E-state index contributed by atoms with van der Waals surface area (Å²) in [4.78, 5) is 12.3. The van der Waals surface area contributed by atoms with Crippen LogP contribution in [0.5, 0.6) is 0 Å². The van der Waals surface area contributed by atoms with Gasteiger partial charge >= 0.3 is 0 Å². The third kappa shape index (κ3) is 28.2. The maximum atomic E-state index is 12.3. The van der Waals surface area contributed by atoms with Gasteiger partial charge in [-0.25, -0.2) is 0 Å². The smallest absolute Gasteiger partial charge is 0.222 e. The molecule has 0 spiro atoms. The van der Waals surface area contributed by atoms with Crippen LogP contribution in [0.15, 0.2) is 48.6 Å². The summed E-state index contributed by atoms with van der Waals surface area (Å²) in [6.45, 7) is 4.11. The van der Waals surface area contributed by atoms with Crippen LogP contribution in [0.4, 0.5) is 0 Å². The summed E-state index contributed by atoms with van der Waals surface area (Å²) >= 11 is 0. The van der Waals surface area contributed by atoms with Gasteiger partial charge in [0.2, 0.25) is 5.91 Å². The minimum Gasteiger partial charge on any atom is -0.394 e. The molecule has 0 aromatic carbocycles. The van der Waals surface area contributed by atoms with E-state index in [2.05, 4.69) is 55.6 Å². The van der Waals surface area contributed by atoms with E-state index in [0.717, 1.165) is 51.4 Å². The van der Waals surface area contributed by atoms with E-state index >= 15 is 0 Å². The molecule has 0 fully saturated rings. The third-order valence-corrected chi connectivity index (χ3v) is 7.34. The van der Waals surface area contributed by atoms with E-state index in [1.807, 2.05) is 6.08 Å². The first kappa shape index (κ1) is 39.3. The lowest BCUT2D eigenvalue weighted by atomic mass is 10.0. The molecule has 0 aliphatic carbocycles. The Morgan fingerprint density at radius 2 is 1.12 bits per heavy atom. The molecule has 0 aromatic heterocycles. The molecule has 3 unspecified atom stereocenters. The Labute approximate surface area is 253 Å². The molecule has 0 aliphatic rings. The van der Waals surface area contributed by atoms with Gasteiger partial charge in [0, 0.05) is 0 Å². The van der Waals surface area contributed by atoms with Gasteiger partial charge in [-0.1, -0.05) is 127 Å². The zero-order valence-corrected chi connectivity index (χ0v) is 26.7. The van der Waals surface area contributed by atoms with E-state index in [9.17, 15) is 20.1 Å². The van der Waals surface area contributed by atoms with Gasteiger partial charge in [-0.2, -0.15) is 0 Å². The highest BCUT2D eigenvalue weighted by Gasteiger charge is 2.20. The van der Waals surface area contributed by atoms with Crippen molar-refractivity contribution >= 4 is 5.91 Å². The molecule has 41 heavy (non-hydrogen) atoms. The van der Waals surface area contributed by atoms with E-state index in [1.54, 1.807) is 6.08 Å². The first-order valence-corrected chi connectivity index (χ1v) is 16.9. The van der Waals surface area contributed by atoms with E-state index in [4.69, 9.17) is 0 Å². The number of carbonyl (C=O) groups is 1. The number of aliphatic hydroxyl groups excluding tert-OH is 3. The summed E-state index contributed by atoms with van der Waals surface area (Å²) in [5.74, 6) is -0.339. The Morgan fingerprint density at radius 1 is 0.634 bits per heavy atom. The molecule has 0 bridgehead atoms. The largest absolute Gasteiger partial charge is 0.394 e. The highest BCUT2D eigenvalue weighted by Crippen LogP contribution is 2.12. The third-order valence-electron chi connectivity index (χ3n) is 7.34.